The number of halogens is 4. The summed E-state index contributed by atoms with van der Waals surface area (Å²) in [6.07, 6.45) is -3.53. The van der Waals surface area contributed by atoms with E-state index in [9.17, 15) is 22.8 Å². The Balaban J connectivity index is 1.95. The lowest BCUT2D eigenvalue weighted by Gasteiger charge is -2.42. The molecule has 0 aliphatic carbocycles. The molecule has 2 amide bonds. The molecule has 2 aliphatic heterocycles. The number of ether oxygens (including phenoxy) is 1. The van der Waals surface area contributed by atoms with Crippen LogP contribution in [0.2, 0.25) is 5.02 Å². The molecule has 2 aromatic rings. The van der Waals surface area contributed by atoms with Crippen LogP contribution in [0.5, 0.6) is 5.75 Å². The van der Waals surface area contributed by atoms with E-state index < -0.39 is 23.6 Å². The van der Waals surface area contributed by atoms with Crippen LogP contribution >= 0.6 is 11.6 Å². The van der Waals surface area contributed by atoms with Gasteiger partial charge >= 0.3 is 6.36 Å². The van der Waals surface area contributed by atoms with Crippen LogP contribution in [-0.4, -0.2) is 54.7 Å². The maximum atomic E-state index is 13.7. The lowest BCUT2D eigenvalue weighted by atomic mass is 9.80. The lowest BCUT2D eigenvalue weighted by Crippen LogP contribution is -2.54. The fourth-order valence-corrected chi connectivity index (χ4v) is 4.99. The fraction of sp³-hybridized carbons (Fsp3) is 0.391. The summed E-state index contributed by atoms with van der Waals surface area (Å²) < 4.78 is 44.3. The average molecular weight is 482 g/mol. The third kappa shape index (κ3) is 4.15. The molecule has 6 nitrogen and oxygen atoms in total. The van der Waals surface area contributed by atoms with Gasteiger partial charge in [-0.2, -0.15) is 0 Å². The second kappa shape index (κ2) is 8.53. The number of hydrogen-bond acceptors (Lipinski definition) is 4. The van der Waals surface area contributed by atoms with Crippen molar-refractivity contribution in [2.24, 2.45) is 0 Å². The molecular formula is C23H23ClF3N3O3. The Hall–Kier alpha value is -2.78. The van der Waals surface area contributed by atoms with Crippen molar-refractivity contribution in [3.63, 3.8) is 0 Å². The summed E-state index contributed by atoms with van der Waals surface area (Å²) in [6, 6.07) is 10.1. The zero-order valence-corrected chi connectivity index (χ0v) is 18.8. The highest BCUT2D eigenvalue weighted by Crippen LogP contribution is 2.52. The van der Waals surface area contributed by atoms with E-state index in [0.29, 0.717) is 35.7 Å². The third-order valence-electron chi connectivity index (χ3n) is 6.17. The summed E-state index contributed by atoms with van der Waals surface area (Å²) in [5.41, 5.74) is -0.709. The first-order chi connectivity index (χ1) is 15.5. The highest BCUT2D eigenvalue weighted by molar-refractivity contribution is 6.31. The minimum atomic E-state index is -4.95. The molecule has 33 heavy (non-hydrogen) atoms. The number of para-hydroxylation sites is 1. The van der Waals surface area contributed by atoms with Crippen molar-refractivity contribution in [2.75, 3.05) is 26.0 Å². The van der Waals surface area contributed by atoms with Gasteiger partial charge in [-0.05, 0) is 37.1 Å². The van der Waals surface area contributed by atoms with E-state index in [1.54, 1.807) is 38.4 Å². The third-order valence-corrected chi connectivity index (χ3v) is 6.40. The number of carbonyl (C=O) groups is 2. The topological polar surface area (TPSA) is 61.9 Å². The molecule has 2 aliphatic rings. The van der Waals surface area contributed by atoms with Crippen LogP contribution in [0, 0.1) is 0 Å². The number of likely N-dealkylation sites (tertiary alicyclic amines) is 1. The number of anilines is 1. The number of hydrogen-bond donors (Lipinski definition) is 1. The Morgan fingerprint density at radius 3 is 2.67 bits per heavy atom. The van der Waals surface area contributed by atoms with Crippen LogP contribution in [0.1, 0.15) is 30.4 Å². The van der Waals surface area contributed by atoms with Gasteiger partial charge in [0, 0.05) is 54.9 Å². The van der Waals surface area contributed by atoms with Gasteiger partial charge in [0.1, 0.15) is 5.75 Å². The minimum absolute atomic E-state index is 0.0463. The SMILES string of the molecule is CN(C)C(=O)C[C@@H]1CCCN1C1(c2ccccc2OC(F)(F)F)C(=O)Nc2ccc(Cl)cc21. The summed E-state index contributed by atoms with van der Waals surface area (Å²) in [4.78, 5) is 29.5. The first-order valence-electron chi connectivity index (χ1n) is 10.5. The predicted octanol–water partition coefficient (Wildman–Crippen LogP) is 4.38. The Morgan fingerprint density at radius 2 is 1.97 bits per heavy atom. The van der Waals surface area contributed by atoms with Gasteiger partial charge in [-0.25, -0.2) is 0 Å². The van der Waals surface area contributed by atoms with Gasteiger partial charge in [0.05, 0.1) is 0 Å². The number of fused-ring (bicyclic) bond motifs is 1. The number of nitrogens with zero attached hydrogens (tertiary/aromatic N) is 2. The number of rotatable bonds is 5. The van der Waals surface area contributed by atoms with Gasteiger partial charge in [-0.15, -0.1) is 13.2 Å². The molecule has 1 saturated heterocycles. The Morgan fingerprint density at radius 1 is 1.24 bits per heavy atom. The fourth-order valence-electron chi connectivity index (χ4n) is 4.82. The lowest BCUT2D eigenvalue weighted by molar-refractivity contribution is -0.275. The maximum absolute atomic E-state index is 13.7. The zero-order chi connectivity index (χ0) is 24.0. The van der Waals surface area contributed by atoms with E-state index in [2.05, 4.69) is 10.1 Å². The summed E-state index contributed by atoms with van der Waals surface area (Å²) in [7, 11) is 3.28. The maximum Gasteiger partial charge on any atom is 0.573 e. The number of alkyl halides is 3. The summed E-state index contributed by atoms with van der Waals surface area (Å²) >= 11 is 6.27. The van der Waals surface area contributed by atoms with Crippen molar-refractivity contribution in [2.45, 2.75) is 37.2 Å². The summed E-state index contributed by atoms with van der Waals surface area (Å²) in [5.74, 6) is -1.12. The monoisotopic (exact) mass is 481 g/mol. The van der Waals surface area contributed by atoms with Crippen molar-refractivity contribution in [3.05, 3.63) is 58.6 Å². The Bertz CT molecular complexity index is 1090. The highest BCUT2D eigenvalue weighted by atomic mass is 35.5. The van der Waals surface area contributed by atoms with Crippen molar-refractivity contribution in [3.8, 4) is 5.75 Å². The first kappa shape index (κ1) is 23.4. The van der Waals surface area contributed by atoms with E-state index >= 15 is 0 Å². The molecule has 0 spiro atoms. The van der Waals surface area contributed by atoms with Gasteiger partial charge < -0.3 is 15.0 Å². The number of nitrogens with one attached hydrogen (secondary N) is 1. The van der Waals surface area contributed by atoms with E-state index in [1.807, 2.05) is 4.90 Å². The van der Waals surface area contributed by atoms with Crippen LogP contribution in [0.4, 0.5) is 18.9 Å². The molecule has 2 heterocycles. The molecule has 0 aromatic heterocycles. The normalized spacial score (nSPS) is 22.7. The van der Waals surface area contributed by atoms with Crippen molar-refractivity contribution >= 4 is 29.1 Å². The molecule has 176 valence electrons. The first-order valence-corrected chi connectivity index (χ1v) is 10.9. The molecule has 10 heteroatoms. The van der Waals surface area contributed by atoms with Gasteiger partial charge in [-0.1, -0.05) is 29.8 Å². The van der Waals surface area contributed by atoms with Crippen molar-refractivity contribution in [1.82, 2.24) is 9.80 Å². The molecule has 2 aromatic carbocycles. The van der Waals surface area contributed by atoms with Crippen LogP contribution in [0.3, 0.4) is 0 Å². The van der Waals surface area contributed by atoms with Crippen LogP contribution in [-0.2, 0) is 15.1 Å². The highest BCUT2D eigenvalue weighted by Gasteiger charge is 2.57. The number of benzene rings is 2. The van der Waals surface area contributed by atoms with E-state index in [-0.39, 0.29) is 23.9 Å². The van der Waals surface area contributed by atoms with Crippen LogP contribution in [0.15, 0.2) is 42.5 Å². The predicted molar refractivity (Wildman–Crippen MR) is 117 cm³/mol. The molecule has 0 saturated carbocycles. The van der Waals surface area contributed by atoms with Gasteiger partial charge in [0.15, 0.2) is 5.54 Å². The molecule has 1 fully saturated rings. The second-order valence-electron chi connectivity index (χ2n) is 8.38. The zero-order valence-electron chi connectivity index (χ0n) is 18.1. The Kier molecular flexibility index (Phi) is 6.05. The van der Waals surface area contributed by atoms with E-state index in [4.69, 9.17) is 11.6 Å². The average Bonchev–Trinajstić information content (AvgIpc) is 3.29. The quantitative estimate of drug-likeness (QED) is 0.688. The van der Waals surface area contributed by atoms with Gasteiger partial charge in [0.25, 0.3) is 5.91 Å². The minimum Gasteiger partial charge on any atom is -0.405 e. The number of amides is 2. The molecular weight excluding hydrogens is 459 g/mol. The van der Waals surface area contributed by atoms with E-state index in [0.717, 1.165) is 0 Å². The molecule has 2 atom stereocenters. The largest absolute Gasteiger partial charge is 0.573 e. The standard InChI is InChI=1S/C23H23ClF3N3O3/c1-29(2)20(31)13-15-6-5-11-30(15)22(16-7-3-4-8-19(16)33-23(25,26)27)17-12-14(24)9-10-18(17)28-21(22)32/h3-4,7-10,12,15H,5-6,11,13H2,1-2H3,(H,28,32)/t15-,22?/m0/s1. The smallest absolute Gasteiger partial charge is 0.405 e. The van der Waals surface area contributed by atoms with Gasteiger partial charge in [0.2, 0.25) is 5.91 Å². The van der Waals surface area contributed by atoms with Crippen molar-refractivity contribution < 1.29 is 27.5 Å². The van der Waals surface area contributed by atoms with Crippen molar-refractivity contribution in [1.29, 1.82) is 0 Å². The Labute approximate surface area is 194 Å². The van der Waals surface area contributed by atoms with Crippen LogP contribution in [0.25, 0.3) is 0 Å². The molecule has 1 unspecified atom stereocenters. The summed E-state index contributed by atoms with van der Waals surface area (Å²) in [6.45, 7) is 0.408. The molecule has 4 rings (SSSR count). The molecule has 0 bridgehead atoms. The molecule has 1 N–H and O–H groups in total. The van der Waals surface area contributed by atoms with Crippen LogP contribution < -0.4 is 10.1 Å². The number of carbonyl (C=O) groups excluding carboxylic acids is 2. The summed E-state index contributed by atoms with van der Waals surface area (Å²) in [5, 5.41) is 3.14. The second-order valence-corrected chi connectivity index (χ2v) is 8.82. The van der Waals surface area contributed by atoms with Gasteiger partial charge in [-0.3, -0.25) is 14.5 Å². The van der Waals surface area contributed by atoms with E-state index in [1.165, 1.54) is 23.1 Å². The molecule has 0 radical (unpaired) electrons.